The number of allylic oxidation sites excluding steroid dienone is 2. The molecule has 0 amide bonds. The molecule has 1 aromatic carbocycles. The highest BCUT2D eigenvalue weighted by atomic mass is 16.5. The maximum absolute atomic E-state index is 12.5. The summed E-state index contributed by atoms with van der Waals surface area (Å²) in [5.74, 6) is 2.68. The Morgan fingerprint density at radius 3 is 2.61 bits per heavy atom. The van der Waals surface area contributed by atoms with Crippen LogP contribution in [0.4, 0.5) is 0 Å². The molecule has 4 nitrogen and oxygen atoms in total. The molecule has 4 heteroatoms. The van der Waals surface area contributed by atoms with Gasteiger partial charge in [0, 0.05) is 12.8 Å². The van der Waals surface area contributed by atoms with Crippen molar-refractivity contribution in [2.75, 3.05) is 6.61 Å². The molecule has 2 fully saturated rings. The molecule has 0 spiro atoms. The molecule has 178 valence electrons. The Balaban J connectivity index is 1.25. The maximum atomic E-state index is 12.5. The Labute approximate surface area is 198 Å². The molecule has 0 aliphatic heterocycles. The van der Waals surface area contributed by atoms with Gasteiger partial charge in [0.2, 0.25) is 0 Å². The molecule has 0 unspecified atom stereocenters. The minimum atomic E-state index is -0.205. The standard InChI is InChI=1S/C29H38O4/c1-18-21(17-32-28(31)20-7-5-4-6-8-20)15-26-24(18)11-12-27-25(26)10-9-22-16-23(33-19(2)30)13-14-29(22,27)3/h4-8,18,21-23,25,27H,9-17H2,1-3H3/t18-,21-,22-,23-,25-,27-,29-/m0/s1. The number of fused-ring (bicyclic) bond motifs is 4. The second-order valence-corrected chi connectivity index (χ2v) is 11.3. The average molecular weight is 451 g/mol. The molecule has 0 N–H and O–H groups in total. The number of carbonyl (C=O) groups excluding carboxylic acids is 2. The fraction of sp³-hybridized carbons (Fsp3) is 0.655. The topological polar surface area (TPSA) is 52.6 Å². The zero-order valence-corrected chi connectivity index (χ0v) is 20.3. The van der Waals surface area contributed by atoms with E-state index < -0.39 is 0 Å². The van der Waals surface area contributed by atoms with Crippen LogP contribution in [0.15, 0.2) is 41.5 Å². The van der Waals surface area contributed by atoms with Gasteiger partial charge in [0.25, 0.3) is 0 Å². The van der Waals surface area contributed by atoms with Gasteiger partial charge in [-0.3, -0.25) is 4.79 Å². The quantitative estimate of drug-likeness (QED) is 0.396. The molecule has 0 saturated heterocycles. The minimum Gasteiger partial charge on any atom is -0.463 e. The van der Waals surface area contributed by atoms with Gasteiger partial charge in [-0.1, -0.05) is 43.2 Å². The van der Waals surface area contributed by atoms with E-state index in [1.54, 1.807) is 11.1 Å². The van der Waals surface area contributed by atoms with Gasteiger partial charge in [-0.2, -0.15) is 0 Å². The zero-order valence-electron chi connectivity index (χ0n) is 20.3. The molecule has 0 aromatic heterocycles. The number of ether oxygens (including phenoxy) is 2. The van der Waals surface area contributed by atoms with Crippen LogP contribution in [0.1, 0.15) is 82.5 Å². The van der Waals surface area contributed by atoms with Crippen LogP contribution in [0.2, 0.25) is 0 Å². The summed E-state index contributed by atoms with van der Waals surface area (Å²) in [5, 5.41) is 0. The van der Waals surface area contributed by atoms with E-state index in [1.807, 2.05) is 30.3 Å². The molecule has 1 aromatic rings. The van der Waals surface area contributed by atoms with Gasteiger partial charge in [-0.15, -0.1) is 0 Å². The summed E-state index contributed by atoms with van der Waals surface area (Å²) in [6.07, 6.45) is 9.44. The Kier molecular flexibility index (Phi) is 6.13. The van der Waals surface area contributed by atoms with E-state index in [2.05, 4.69) is 13.8 Å². The third-order valence-electron chi connectivity index (χ3n) is 9.74. The largest absolute Gasteiger partial charge is 0.463 e. The second kappa shape index (κ2) is 8.92. The summed E-state index contributed by atoms with van der Waals surface area (Å²) in [6.45, 7) is 6.93. The lowest BCUT2D eigenvalue weighted by atomic mass is 9.49. The summed E-state index contributed by atoms with van der Waals surface area (Å²) in [4.78, 5) is 24.0. The van der Waals surface area contributed by atoms with Crippen LogP contribution >= 0.6 is 0 Å². The summed E-state index contributed by atoms with van der Waals surface area (Å²) in [5.41, 5.74) is 4.38. The molecule has 2 saturated carbocycles. The number of hydrogen-bond donors (Lipinski definition) is 0. The number of benzene rings is 1. The van der Waals surface area contributed by atoms with E-state index >= 15 is 0 Å². The minimum absolute atomic E-state index is 0.116. The molecule has 4 aliphatic carbocycles. The lowest BCUT2D eigenvalue weighted by molar-refractivity contribution is -0.154. The Hall–Kier alpha value is -2.10. The van der Waals surface area contributed by atoms with Crippen molar-refractivity contribution < 1.29 is 19.1 Å². The third-order valence-corrected chi connectivity index (χ3v) is 9.74. The van der Waals surface area contributed by atoms with Crippen molar-refractivity contribution in [3.63, 3.8) is 0 Å². The highest BCUT2D eigenvalue weighted by Gasteiger charge is 2.54. The Morgan fingerprint density at radius 2 is 1.85 bits per heavy atom. The monoisotopic (exact) mass is 450 g/mol. The fourth-order valence-corrected chi connectivity index (χ4v) is 7.95. The lowest BCUT2D eigenvalue weighted by Gasteiger charge is -2.57. The van der Waals surface area contributed by atoms with E-state index in [4.69, 9.17) is 9.47 Å². The van der Waals surface area contributed by atoms with Crippen LogP contribution in [-0.4, -0.2) is 24.6 Å². The van der Waals surface area contributed by atoms with Crippen LogP contribution < -0.4 is 0 Å². The van der Waals surface area contributed by atoms with Gasteiger partial charge in [0.1, 0.15) is 6.10 Å². The van der Waals surface area contributed by atoms with Gasteiger partial charge < -0.3 is 9.47 Å². The van der Waals surface area contributed by atoms with Crippen molar-refractivity contribution in [3.8, 4) is 0 Å². The Morgan fingerprint density at radius 1 is 1.06 bits per heavy atom. The average Bonchev–Trinajstić information content (AvgIpc) is 3.13. The molecular formula is C29H38O4. The van der Waals surface area contributed by atoms with Crippen molar-refractivity contribution in [1.82, 2.24) is 0 Å². The Bertz CT molecular complexity index is 934. The van der Waals surface area contributed by atoms with E-state index in [0.717, 1.165) is 25.2 Å². The van der Waals surface area contributed by atoms with Gasteiger partial charge in [-0.05, 0) is 92.6 Å². The molecule has 0 bridgehead atoms. The molecule has 0 heterocycles. The number of hydrogen-bond acceptors (Lipinski definition) is 4. The van der Waals surface area contributed by atoms with Gasteiger partial charge in [0.05, 0.1) is 12.2 Å². The molecular weight excluding hydrogens is 412 g/mol. The first-order valence-electron chi connectivity index (χ1n) is 13.0. The molecule has 4 aliphatic rings. The fourth-order valence-electron chi connectivity index (χ4n) is 7.95. The van der Waals surface area contributed by atoms with Gasteiger partial charge in [0.15, 0.2) is 0 Å². The van der Waals surface area contributed by atoms with Gasteiger partial charge in [-0.25, -0.2) is 4.79 Å². The lowest BCUT2D eigenvalue weighted by Crippen LogP contribution is -2.49. The smallest absolute Gasteiger partial charge is 0.338 e. The molecule has 7 atom stereocenters. The van der Waals surface area contributed by atoms with Crippen molar-refractivity contribution in [2.45, 2.75) is 78.2 Å². The van der Waals surface area contributed by atoms with E-state index in [-0.39, 0.29) is 18.0 Å². The zero-order chi connectivity index (χ0) is 23.2. The molecule has 0 radical (unpaired) electrons. The first kappa shape index (κ1) is 22.7. The van der Waals surface area contributed by atoms with Crippen molar-refractivity contribution in [1.29, 1.82) is 0 Å². The maximum Gasteiger partial charge on any atom is 0.338 e. The van der Waals surface area contributed by atoms with E-state index in [1.165, 1.54) is 39.0 Å². The predicted molar refractivity (Wildman–Crippen MR) is 127 cm³/mol. The number of rotatable bonds is 4. The summed E-state index contributed by atoms with van der Waals surface area (Å²) < 4.78 is 11.4. The molecule has 5 rings (SSSR count). The van der Waals surface area contributed by atoms with Crippen LogP contribution in [0.5, 0.6) is 0 Å². The third kappa shape index (κ3) is 4.15. The number of carbonyl (C=O) groups is 2. The first-order chi connectivity index (χ1) is 15.9. The van der Waals surface area contributed by atoms with Crippen LogP contribution in [0, 0.1) is 35.0 Å². The highest BCUT2D eigenvalue weighted by molar-refractivity contribution is 5.89. The number of esters is 2. The highest BCUT2D eigenvalue weighted by Crippen LogP contribution is 2.62. The van der Waals surface area contributed by atoms with Gasteiger partial charge >= 0.3 is 11.9 Å². The SMILES string of the molecule is CC(=O)O[C@H]1CC[C@@]2(C)[C@@H](CC[C@H]3C4=C(CC[C@@H]32)[C@@H](C)[C@H](COC(=O)c2ccccc2)C4)C1. The summed E-state index contributed by atoms with van der Waals surface area (Å²) in [6, 6.07) is 9.33. The van der Waals surface area contributed by atoms with Crippen molar-refractivity contribution >= 4 is 11.9 Å². The first-order valence-corrected chi connectivity index (χ1v) is 13.0. The van der Waals surface area contributed by atoms with E-state index in [0.29, 0.717) is 41.3 Å². The summed E-state index contributed by atoms with van der Waals surface area (Å²) in [7, 11) is 0. The van der Waals surface area contributed by atoms with E-state index in [9.17, 15) is 9.59 Å². The van der Waals surface area contributed by atoms with Crippen molar-refractivity contribution in [3.05, 3.63) is 47.0 Å². The summed E-state index contributed by atoms with van der Waals surface area (Å²) >= 11 is 0. The molecule has 33 heavy (non-hydrogen) atoms. The normalized spacial score (nSPS) is 37.5. The van der Waals surface area contributed by atoms with Crippen LogP contribution in [0.3, 0.4) is 0 Å². The van der Waals surface area contributed by atoms with Crippen LogP contribution in [0.25, 0.3) is 0 Å². The van der Waals surface area contributed by atoms with Crippen LogP contribution in [-0.2, 0) is 14.3 Å². The second-order valence-electron chi connectivity index (χ2n) is 11.3. The predicted octanol–water partition coefficient (Wildman–Crippen LogP) is 6.35. The van der Waals surface area contributed by atoms with Crippen molar-refractivity contribution in [2.24, 2.45) is 35.0 Å².